The van der Waals surface area contributed by atoms with Crippen molar-refractivity contribution in [3.8, 4) is 0 Å². The summed E-state index contributed by atoms with van der Waals surface area (Å²) >= 11 is 0. The highest BCUT2D eigenvalue weighted by Crippen LogP contribution is 2.14. The molecule has 4 heteroatoms. The second-order valence-corrected chi connectivity index (χ2v) is 11.2. The van der Waals surface area contributed by atoms with Crippen LogP contribution < -0.4 is 5.32 Å². The molecule has 4 nitrogen and oxygen atoms in total. The average Bonchev–Trinajstić information content (AvgIpc) is 2.96. The van der Waals surface area contributed by atoms with E-state index in [9.17, 15) is 15.0 Å². The van der Waals surface area contributed by atoms with Crippen molar-refractivity contribution >= 4 is 5.91 Å². The Balaban J connectivity index is 3.70. The topological polar surface area (TPSA) is 69.6 Å². The number of carbonyl (C=O) groups excluding carboxylic acids is 1. The van der Waals surface area contributed by atoms with Gasteiger partial charge in [0.2, 0.25) is 5.91 Å². The molecule has 0 rings (SSSR count). The van der Waals surface area contributed by atoms with E-state index >= 15 is 0 Å². The molecule has 2 atom stereocenters. The van der Waals surface area contributed by atoms with Crippen LogP contribution in [0, 0.1) is 0 Å². The molecule has 0 aromatic heterocycles. The fourth-order valence-corrected chi connectivity index (χ4v) is 4.76. The number of allylic oxidation sites excluding steroid dienone is 8. The molecule has 0 aliphatic carbocycles. The van der Waals surface area contributed by atoms with Gasteiger partial charge in [-0.2, -0.15) is 0 Å². The van der Waals surface area contributed by atoms with Crippen LogP contribution in [0.15, 0.2) is 48.6 Å². The lowest BCUT2D eigenvalue weighted by atomic mass is 10.0. The number of carbonyl (C=O) groups is 1. The van der Waals surface area contributed by atoms with Crippen LogP contribution >= 0.6 is 0 Å². The molecule has 232 valence electrons. The van der Waals surface area contributed by atoms with Gasteiger partial charge in [0, 0.05) is 6.42 Å². The highest BCUT2D eigenvalue weighted by Gasteiger charge is 2.19. The van der Waals surface area contributed by atoms with Crippen LogP contribution in [0.5, 0.6) is 0 Å². The maximum absolute atomic E-state index is 12.3. The third kappa shape index (κ3) is 27.9. The molecule has 0 heterocycles. The zero-order valence-corrected chi connectivity index (χ0v) is 26.3. The summed E-state index contributed by atoms with van der Waals surface area (Å²) in [6.07, 6.45) is 41.6. The lowest BCUT2D eigenvalue weighted by molar-refractivity contribution is -0.123. The quantitative estimate of drug-likeness (QED) is 0.0631. The summed E-state index contributed by atoms with van der Waals surface area (Å²) in [5.41, 5.74) is 0. The summed E-state index contributed by atoms with van der Waals surface area (Å²) in [6.45, 7) is 4.20. The number of unbranched alkanes of at least 4 members (excludes halogenated alkanes) is 14. The van der Waals surface area contributed by atoms with Crippen LogP contribution in [0.4, 0.5) is 0 Å². The number of hydrogen-bond acceptors (Lipinski definition) is 3. The minimum absolute atomic E-state index is 0.0754. The maximum Gasteiger partial charge on any atom is 0.220 e. The van der Waals surface area contributed by atoms with E-state index in [1.807, 2.05) is 0 Å². The molecule has 40 heavy (non-hydrogen) atoms. The fraction of sp³-hybridized carbons (Fsp3) is 0.750. The van der Waals surface area contributed by atoms with Crippen LogP contribution in [0.1, 0.15) is 155 Å². The SMILES string of the molecule is CC/C=C\C/C=C\C/C=C\C/C=C\CCCCC(=O)NC(CO)C(O)CCCCCCCCCCCCCCC. The fourth-order valence-electron chi connectivity index (χ4n) is 4.76. The number of aliphatic hydroxyl groups excluding tert-OH is 2. The molecule has 0 bridgehead atoms. The van der Waals surface area contributed by atoms with Gasteiger partial charge >= 0.3 is 0 Å². The number of hydrogen-bond donors (Lipinski definition) is 3. The van der Waals surface area contributed by atoms with Gasteiger partial charge in [-0.15, -0.1) is 0 Å². The van der Waals surface area contributed by atoms with E-state index in [2.05, 4.69) is 67.8 Å². The van der Waals surface area contributed by atoms with Crippen molar-refractivity contribution in [1.82, 2.24) is 5.32 Å². The molecule has 0 aromatic rings. The van der Waals surface area contributed by atoms with Crippen molar-refractivity contribution < 1.29 is 15.0 Å². The Morgan fingerprint density at radius 1 is 0.625 bits per heavy atom. The predicted octanol–water partition coefficient (Wildman–Crippen LogP) is 9.67. The Bertz CT molecular complexity index is 652. The van der Waals surface area contributed by atoms with E-state index < -0.39 is 12.1 Å². The van der Waals surface area contributed by atoms with Gasteiger partial charge in [-0.25, -0.2) is 0 Å². The molecule has 0 aliphatic heterocycles. The smallest absolute Gasteiger partial charge is 0.220 e. The van der Waals surface area contributed by atoms with Crippen molar-refractivity contribution in [3.63, 3.8) is 0 Å². The minimum atomic E-state index is -0.675. The van der Waals surface area contributed by atoms with Crippen molar-refractivity contribution in [2.45, 2.75) is 167 Å². The van der Waals surface area contributed by atoms with Gasteiger partial charge in [0.25, 0.3) is 0 Å². The summed E-state index contributed by atoms with van der Waals surface area (Å²) in [5, 5.41) is 22.9. The minimum Gasteiger partial charge on any atom is -0.394 e. The van der Waals surface area contributed by atoms with E-state index in [1.165, 1.54) is 70.6 Å². The number of rotatable bonds is 29. The first-order valence-electron chi connectivity index (χ1n) is 16.8. The Kier molecular flexibility index (Phi) is 30.6. The highest BCUT2D eigenvalue weighted by molar-refractivity contribution is 5.76. The molecule has 1 amide bonds. The van der Waals surface area contributed by atoms with Crippen LogP contribution in [-0.4, -0.2) is 34.9 Å². The van der Waals surface area contributed by atoms with Crippen LogP contribution in [-0.2, 0) is 4.79 Å². The van der Waals surface area contributed by atoms with Gasteiger partial charge in [0.1, 0.15) is 0 Å². The average molecular weight is 560 g/mol. The first-order valence-corrected chi connectivity index (χ1v) is 16.8. The van der Waals surface area contributed by atoms with Crippen molar-refractivity contribution in [2.24, 2.45) is 0 Å². The Hall–Kier alpha value is -1.65. The zero-order valence-electron chi connectivity index (χ0n) is 26.3. The third-order valence-electron chi connectivity index (χ3n) is 7.35. The third-order valence-corrected chi connectivity index (χ3v) is 7.35. The van der Waals surface area contributed by atoms with Crippen LogP contribution in [0.25, 0.3) is 0 Å². The largest absolute Gasteiger partial charge is 0.394 e. The van der Waals surface area contributed by atoms with Gasteiger partial charge < -0.3 is 15.5 Å². The van der Waals surface area contributed by atoms with Crippen molar-refractivity contribution in [1.29, 1.82) is 0 Å². The lowest BCUT2D eigenvalue weighted by Gasteiger charge is -2.22. The first kappa shape index (κ1) is 38.4. The van der Waals surface area contributed by atoms with Crippen molar-refractivity contribution in [2.75, 3.05) is 6.61 Å². The molecule has 0 spiro atoms. The Labute approximate surface area is 248 Å². The predicted molar refractivity (Wildman–Crippen MR) is 175 cm³/mol. The Morgan fingerprint density at radius 2 is 1.10 bits per heavy atom. The van der Waals surface area contributed by atoms with E-state index in [-0.39, 0.29) is 12.5 Å². The van der Waals surface area contributed by atoms with Crippen LogP contribution in [0.2, 0.25) is 0 Å². The molecule has 0 fully saturated rings. The highest BCUT2D eigenvalue weighted by atomic mass is 16.3. The van der Waals surface area contributed by atoms with E-state index in [0.29, 0.717) is 12.8 Å². The van der Waals surface area contributed by atoms with Gasteiger partial charge in [0.05, 0.1) is 18.8 Å². The van der Waals surface area contributed by atoms with Gasteiger partial charge in [-0.05, 0) is 51.4 Å². The van der Waals surface area contributed by atoms with Crippen molar-refractivity contribution in [3.05, 3.63) is 48.6 Å². The maximum atomic E-state index is 12.3. The summed E-state index contributed by atoms with van der Waals surface area (Å²) in [6, 6.07) is -0.556. The van der Waals surface area contributed by atoms with Gasteiger partial charge in [-0.1, -0.05) is 146 Å². The zero-order chi connectivity index (χ0) is 29.4. The van der Waals surface area contributed by atoms with Crippen LogP contribution in [0.3, 0.4) is 0 Å². The molecule has 0 saturated carbocycles. The molecular weight excluding hydrogens is 494 g/mol. The molecule has 2 unspecified atom stereocenters. The summed E-state index contributed by atoms with van der Waals surface area (Å²) in [7, 11) is 0. The Morgan fingerprint density at radius 3 is 1.60 bits per heavy atom. The summed E-state index contributed by atoms with van der Waals surface area (Å²) in [5.74, 6) is -0.0754. The summed E-state index contributed by atoms with van der Waals surface area (Å²) in [4.78, 5) is 12.3. The normalized spacial score (nSPS) is 13.8. The second-order valence-electron chi connectivity index (χ2n) is 11.2. The van der Waals surface area contributed by atoms with E-state index in [4.69, 9.17) is 0 Å². The summed E-state index contributed by atoms with van der Waals surface area (Å²) < 4.78 is 0. The van der Waals surface area contributed by atoms with E-state index in [1.54, 1.807) is 0 Å². The van der Waals surface area contributed by atoms with Gasteiger partial charge in [0.15, 0.2) is 0 Å². The monoisotopic (exact) mass is 559 g/mol. The molecule has 0 saturated heterocycles. The molecule has 0 radical (unpaired) electrons. The van der Waals surface area contributed by atoms with E-state index in [0.717, 1.165) is 57.8 Å². The van der Waals surface area contributed by atoms with Gasteiger partial charge in [-0.3, -0.25) is 4.79 Å². The lowest BCUT2D eigenvalue weighted by Crippen LogP contribution is -2.45. The second kappa shape index (κ2) is 31.9. The number of amides is 1. The molecule has 0 aromatic carbocycles. The molecule has 3 N–H and O–H groups in total. The first-order chi connectivity index (χ1) is 19.7. The molecular formula is C36H65NO3. The number of aliphatic hydroxyl groups is 2. The number of nitrogens with one attached hydrogen (secondary N) is 1. The molecule has 0 aliphatic rings. The standard InChI is InChI=1S/C36H65NO3/c1-3-5-7-9-11-13-15-17-18-20-22-24-26-28-30-32-36(40)37-34(33-38)35(39)31-29-27-25-23-21-19-16-14-12-10-8-6-4-2/h5,7,11,13,17-18,22,24,34-35,38-39H,3-4,6,8-10,12,14-16,19-21,23,25-33H2,1-2H3,(H,37,40)/b7-5-,13-11-,18-17-,24-22-.